The monoisotopic (exact) mass is 259 g/mol. The first-order chi connectivity index (χ1) is 8.54. The van der Waals surface area contributed by atoms with E-state index < -0.39 is 6.04 Å². The van der Waals surface area contributed by atoms with Crippen LogP contribution < -0.4 is 16.4 Å². The summed E-state index contributed by atoms with van der Waals surface area (Å²) in [5.74, 6) is -0.170. The van der Waals surface area contributed by atoms with Gasteiger partial charge in [0.15, 0.2) is 0 Å². The lowest BCUT2D eigenvalue weighted by Crippen LogP contribution is -2.46. The SMILES string of the molecule is CCC(CN)CC(=O)NC(C)C(=O)NCCOC. The van der Waals surface area contributed by atoms with Gasteiger partial charge in [0, 0.05) is 20.1 Å². The second-order valence-corrected chi connectivity index (χ2v) is 4.29. The topological polar surface area (TPSA) is 93.5 Å². The second-order valence-electron chi connectivity index (χ2n) is 4.29. The Bertz CT molecular complexity index is 255. The maximum absolute atomic E-state index is 11.6. The normalized spacial score (nSPS) is 13.8. The van der Waals surface area contributed by atoms with Crippen molar-refractivity contribution in [1.82, 2.24) is 10.6 Å². The molecule has 0 radical (unpaired) electrons. The van der Waals surface area contributed by atoms with Crippen molar-refractivity contribution in [3.8, 4) is 0 Å². The molecule has 0 fully saturated rings. The molecule has 0 saturated carbocycles. The van der Waals surface area contributed by atoms with Gasteiger partial charge in [0.2, 0.25) is 11.8 Å². The van der Waals surface area contributed by atoms with Crippen LogP contribution >= 0.6 is 0 Å². The van der Waals surface area contributed by atoms with Gasteiger partial charge in [-0.15, -0.1) is 0 Å². The van der Waals surface area contributed by atoms with Crippen LogP contribution in [0.3, 0.4) is 0 Å². The van der Waals surface area contributed by atoms with E-state index in [-0.39, 0.29) is 17.7 Å². The van der Waals surface area contributed by atoms with Crippen molar-refractivity contribution in [2.24, 2.45) is 11.7 Å². The van der Waals surface area contributed by atoms with Crippen LogP contribution in [0.4, 0.5) is 0 Å². The molecule has 0 aromatic carbocycles. The Kier molecular flexibility index (Phi) is 9.22. The Morgan fingerprint density at radius 3 is 2.56 bits per heavy atom. The molecule has 0 aliphatic carbocycles. The van der Waals surface area contributed by atoms with Gasteiger partial charge in [-0.1, -0.05) is 13.3 Å². The minimum atomic E-state index is -0.537. The highest BCUT2D eigenvalue weighted by Gasteiger charge is 2.17. The van der Waals surface area contributed by atoms with E-state index in [9.17, 15) is 9.59 Å². The van der Waals surface area contributed by atoms with E-state index in [1.54, 1.807) is 14.0 Å². The van der Waals surface area contributed by atoms with Gasteiger partial charge in [-0.2, -0.15) is 0 Å². The van der Waals surface area contributed by atoms with Gasteiger partial charge >= 0.3 is 0 Å². The maximum atomic E-state index is 11.6. The molecule has 6 nitrogen and oxygen atoms in total. The summed E-state index contributed by atoms with van der Waals surface area (Å²) < 4.78 is 4.82. The van der Waals surface area contributed by atoms with Gasteiger partial charge in [-0.3, -0.25) is 9.59 Å². The van der Waals surface area contributed by atoms with Crippen LogP contribution in [0.25, 0.3) is 0 Å². The molecule has 2 atom stereocenters. The Hall–Kier alpha value is -1.14. The van der Waals surface area contributed by atoms with Crippen LogP contribution in [0.15, 0.2) is 0 Å². The Balaban J connectivity index is 3.94. The Labute approximate surface area is 109 Å². The summed E-state index contributed by atoms with van der Waals surface area (Å²) in [4.78, 5) is 23.2. The molecule has 2 unspecified atom stereocenters. The molecule has 0 aliphatic rings. The van der Waals surface area contributed by atoms with E-state index in [0.29, 0.717) is 26.1 Å². The molecular weight excluding hydrogens is 234 g/mol. The molecule has 6 heteroatoms. The van der Waals surface area contributed by atoms with Gasteiger partial charge < -0.3 is 21.1 Å². The second kappa shape index (κ2) is 9.85. The van der Waals surface area contributed by atoms with Crippen LogP contribution in [0.5, 0.6) is 0 Å². The highest BCUT2D eigenvalue weighted by molar-refractivity contribution is 5.87. The van der Waals surface area contributed by atoms with Gasteiger partial charge in [0.05, 0.1) is 6.61 Å². The van der Waals surface area contributed by atoms with Crippen LogP contribution in [-0.4, -0.2) is 44.7 Å². The standard InChI is InChI=1S/C12H25N3O3/c1-4-10(8-13)7-11(16)15-9(2)12(17)14-5-6-18-3/h9-10H,4-8,13H2,1-3H3,(H,14,17)(H,15,16). The van der Waals surface area contributed by atoms with E-state index in [4.69, 9.17) is 10.5 Å². The van der Waals surface area contributed by atoms with E-state index in [0.717, 1.165) is 6.42 Å². The zero-order chi connectivity index (χ0) is 14.0. The summed E-state index contributed by atoms with van der Waals surface area (Å²) in [7, 11) is 1.56. The van der Waals surface area contributed by atoms with Crippen LogP contribution in [0.2, 0.25) is 0 Å². The first-order valence-corrected chi connectivity index (χ1v) is 6.31. The quantitative estimate of drug-likeness (QED) is 0.492. The first-order valence-electron chi connectivity index (χ1n) is 6.31. The predicted octanol–water partition coefficient (Wildman–Crippen LogP) is -0.371. The number of rotatable bonds is 9. The number of ether oxygens (including phenoxy) is 1. The average Bonchev–Trinajstić information content (AvgIpc) is 2.35. The smallest absolute Gasteiger partial charge is 0.242 e. The predicted molar refractivity (Wildman–Crippen MR) is 69.9 cm³/mol. The highest BCUT2D eigenvalue weighted by atomic mass is 16.5. The van der Waals surface area contributed by atoms with Crippen molar-refractivity contribution in [2.45, 2.75) is 32.7 Å². The highest BCUT2D eigenvalue weighted by Crippen LogP contribution is 2.05. The third kappa shape index (κ3) is 7.24. The molecule has 106 valence electrons. The summed E-state index contributed by atoms with van der Waals surface area (Å²) in [6.45, 7) is 5.03. The number of nitrogens with two attached hydrogens (primary N) is 1. The zero-order valence-corrected chi connectivity index (χ0v) is 11.5. The molecular formula is C12H25N3O3. The minimum absolute atomic E-state index is 0.137. The van der Waals surface area contributed by atoms with E-state index in [1.165, 1.54) is 0 Å². The number of hydrogen-bond acceptors (Lipinski definition) is 4. The number of hydrogen-bond donors (Lipinski definition) is 3. The average molecular weight is 259 g/mol. The number of methoxy groups -OCH3 is 1. The minimum Gasteiger partial charge on any atom is -0.383 e. The van der Waals surface area contributed by atoms with E-state index in [2.05, 4.69) is 10.6 Å². The van der Waals surface area contributed by atoms with Crippen molar-refractivity contribution in [2.75, 3.05) is 26.8 Å². The summed E-state index contributed by atoms with van der Waals surface area (Å²) in [6, 6.07) is -0.537. The number of carbonyl (C=O) groups is 2. The molecule has 0 spiro atoms. The number of nitrogens with one attached hydrogen (secondary N) is 2. The molecule has 2 amide bonds. The number of carbonyl (C=O) groups excluding carboxylic acids is 2. The molecule has 0 aliphatic heterocycles. The van der Waals surface area contributed by atoms with Gasteiger partial charge in [0.1, 0.15) is 6.04 Å². The lowest BCUT2D eigenvalue weighted by molar-refractivity contribution is -0.129. The van der Waals surface area contributed by atoms with Crippen LogP contribution in [0, 0.1) is 5.92 Å². The van der Waals surface area contributed by atoms with Crippen molar-refractivity contribution in [3.63, 3.8) is 0 Å². The zero-order valence-electron chi connectivity index (χ0n) is 11.5. The van der Waals surface area contributed by atoms with E-state index >= 15 is 0 Å². The molecule has 0 heterocycles. The van der Waals surface area contributed by atoms with E-state index in [1.807, 2.05) is 6.92 Å². The molecule has 0 aromatic heterocycles. The molecule has 18 heavy (non-hydrogen) atoms. The molecule has 4 N–H and O–H groups in total. The third-order valence-electron chi connectivity index (χ3n) is 2.76. The Morgan fingerprint density at radius 2 is 2.06 bits per heavy atom. The summed E-state index contributed by atoms with van der Waals surface area (Å²) >= 11 is 0. The lowest BCUT2D eigenvalue weighted by atomic mass is 10.0. The largest absolute Gasteiger partial charge is 0.383 e. The summed E-state index contributed by atoms with van der Waals surface area (Å²) in [6.07, 6.45) is 1.22. The third-order valence-corrected chi connectivity index (χ3v) is 2.76. The molecule has 0 aromatic rings. The fourth-order valence-electron chi connectivity index (χ4n) is 1.45. The summed E-state index contributed by atoms with van der Waals surface area (Å²) in [5.41, 5.74) is 5.53. The first kappa shape index (κ1) is 16.9. The molecule has 0 rings (SSSR count). The fourth-order valence-corrected chi connectivity index (χ4v) is 1.45. The number of amides is 2. The fraction of sp³-hybridized carbons (Fsp3) is 0.833. The Morgan fingerprint density at radius 1 is 1.39 bits per heavy atom. The van der Waals surface area contributed by atoms with Crippen molar-refractivity contribution in [1.29, 1.82) is 0 Å². The summed E-state index contributed by atoms with van der Waals surface area (Å²) in [5, 5.41) is 5.32. The van der Waals surface area contributed by atoms with Gasteiger partial charge in [-0.25, -0.2) is 0 Å². The van der Waals surface area contributed by atoms with Gasteiger partial charge in [0.25, 0.3) is 0 Å². The van der Waals surface area contributed by atoms with Crippen molar-refractivity contribution < 1.29 is 14.3 Å². The van der Waals surface area contributed by atoms with Crippen molar-refractivity contribution in [3.05, 3.63) is 0 Å². The molecule has 0 bridgehead atoms. The maximum Gasteiger partial charge on any atom is 0.242 e. The van der Waals surface area contributed by atoms with Crippen LogP contribution in [0.1, 0.15) is 26.7 Å². The lowest BCUT2D eigenvalue weighted by Gasteiger charge is -2.16. The van der Waals surface area contributed by atoms with Gasteiger partial charge in [-0.05, 0) is 19.4 Å². The molecule has 0 saturated heterocycles. The van der Waals surface area contributed by atoms with Crippen molar-refractivity contribution >= 4 is 11.8 Å². The van der Waals surface area contributed by atoms with Crippen LogP contribution in [-0.2, 0) is 14.3 Å².